The summed E-state index contributed by atoms with van der Waals surface area (Å²) in [6, 6.07) is 17.1. The molecule has 1 saturated heterocycles. The summed E-state index contributed by atoms with van der Waals surface area (Å²) in [6.07, 6.45) is -0.663. The van der Waals surface area contributed by atoms with Crippen LogP contribution in [-0.4, -0.2) is 62.3 Å². The summed E-state index contributed by atoms with van der Waals surface area (Å²) in [6.45, 7) is 3.43. The van der Waals surface area contributed by atoms with Crippen LogP contribution in [0.25, 0.3) is 34.3 Å². The molecule has 2 aromatic heterocycles. The zero-order chi connectivity index (χ0) is 25.1. The van der Waals surface area contributed by atoms with Crippen molar-refractivity contribution in [2.75, 3.05) is 19.6 Å². The Morgan fingerprint density at radius 2 is 1.83 bits per heavy atom. The topological polar surface area (TPSA) is 135 Å². The van der Waals surface area contributed by atoms with Gasteiger partial charge in [-0.3, -0.25) is 4.90 Å². The highest BCUT2D eigenvalue weighted by Gasteiger charge is 2.31. The van der Waals surface area contributed by atoms with Gasteiger partial charge >= 0.3 is 6.16 Å². The zero-order valence-corrected chi connectivity index (χ0v) is 19.7. The SMILES string of the molecule is CCCc1c(-c2nc(-c3ccc(C(O)CN4CC(OC(=O)O)C4)cc3)no2)noc1-c1ccccc1. The number of rotatable bonds is 9. The molecule has 186 valence electrons. The van der Waals surface area contributed by atoms with Gasteiger partial charge in [0.05, 0.1) is 6.10 Å². The van der Waals surface area contributed by atoms with Crippen LogP contribution in [0, 0.1) is 0 Å². The minimum Gasteiger partial charge on any atom is -0.450 e. The van der Waals surface area contributed by atoms with E-state index in [-0.39, 0.29) is 6.10 Å². The number of hydrogen-bond acceptors (Lipinski definition) is 9. The first-order valence-corrected chi connectivity index (χ1v) is 11.8. The van der Waals surface area contributed by atoms with E-state index in [0.717, 1.165) is 35.1 Å². The first-order chi connectivity index (χ1) is 17.5. The lowest BCUT2D eigenvalue weighted by Gasteiger charge is -2.38. The van der Waals surface area contributed by atoms with E-state index in [0.29, 0.717) is 42.8 Å². The van der Waals surface area contributed by atoms with Crippen LogP contribution < -0.4 is 0 Å². The predicted molar refractivity (Wildman–Crippen MR) is 129 cm³/mol. The smallest absolute Gasteiger partial charge is 0.450 e. The standard InChI is InChI=1S/C26H26N4O6/c1-2-6-20-22(28-35-23(20)17-7-4-3-5-8-17)25-27-24(29-36-25)18-11-9-16(10-12-18)21(31)15-30-13-19(14-30)34-26(32)33/h3-5,7-12,19,21,31H,2,6,13-15H2,1H3,(H,32,33). The van der Waals surface area contributed by atoms with Crippen LogP contribution in [0.3, 0.4) is 0 Å². The second-order valence-corrected chi connectivity index (χ2v) is 8.74. The fourth-order valence-corrected chi connectivity index (χ4v) is 4.31. The van der Waals surface area contributed by atoms with Crippen molar-refractivity contribution in [3.05, 3.63) is 65.7 Å². The molecular formula is C26H26N4O6. The van der Waals surface area contributed by atoms with Crippen molar-refractivity contribution in [3.63, 3.8) is 0 Å². The quantitative estimate of drug-likeness (QED) is 0.325. The van der Waals surface area contributed by atoms with E-state index in [1.54, 1.807) is 0 Å². The number of carbonyl (C=O) groups is 1. The Hall–Kier alpha value is -4.02. The molecule has 1 aliphatic heterocycles. The van der Waals surface area contributed by atoms with Gasteiger partial charge < -0.3 is 24.0 Å². The monoisotopic (exact) mass is 490 g/mol. The molecular weight excluding hydrogens is 464 g/mol. The number of aromatic nitrogens is 3. The molecule has 36 heavy (non-hydrogen) atoms. The van der Waals surface area contributed by atoms with Crippen molar-refractivity contribution in [2.45, 2.75) is 32.0 Å². The minimum atomic E-state index is -1.28. The second kappa shape index (κ2) is 10.3. The average molecular weight is 491 g/mol. The summed E-state index contributed by atoms with van der Waals surface area (Å²) in [4.78, 5) is 17.1. The Morgan fingerprint density at radius 1 is 1.08 bits per heavy atom. The Morgan fingerprint density at radius 3 is 2.53 bits per heavy atom. The van der Waals surface area contributed by atoms with E-state index < -0.39 is 12.3 Å². The van der Waals surface area contributed by atoms with Crippen molar-refractivity contribution in [3.8, 4) is 34.3 Å². The van der Waals surface area contributed by atoms with E-state index in [9.17, 15) is 9.90 Å². The number of likely N-dealkylation sites (tertiary alicyclic amines) is 1. The highest BCUT2D eigenvalue weighted by molar-refractivity contribution is 5.69. The number of ether oxygens (including phenoxy) is 1. The van der Waals surface area contributed by atoms with E-state index in [4.69, 9.17) is 18.9 Å². The number of nitrogens with zero attached hydrogens (tertiary/aromatic N) is 4. The molecule has 1 aliphatic rings. The van der Waals surface area contributed by atoms with Crippen molar-refractivity contribution in [1.82, 2.24) is 20.2 Å². The molecule has 0 bridgehead atoms. The van der Waals surface area contributed by atoms with Gasteiger partial charge in [0, 0.05) is 36.3 Å². The third-order valence-corrected chi connectivity index (χ3v) is 6.13. The molecule has 3 heterocycles. The Labute approximate surface area is 207 Å². The molecule has 10 nitrogen and oxygen atoms in total. The molecule has 0 radical (unpaired) electrons. The van der Waals surface area contributed by atoms with Gasteiger partial charge in [0.25, 0.3) is 5.89 Å². The molecule has 4 aromatic rings. The zero-order valence-electron chi connectivity index (χ0n) is 19.7. The summed E-state index contributed by atoms with van der Waals surface area (Å²) in [7, 11) is 0. The largest absolute Gasteiger partial charge is 0.506 e. The number of carboxylic acid groups (broad SMARTS) is 1. The van der Waals surface area contributed by atoms with Crippen molar-refractivity contribution >= 4 is 6.16 Å². The Kier molecular flexibility index (Phi) is 6.79. The molecule has 2 N–H and O–H groups in total. The maximum Gasteiger partial charge on any atom is 0.506 e. The summed E-state index contributed by atoms with van der Waals surface area (Å²) in [5.74, 6) is 1.40. The van der Waals surface area contributed by atoms with Gasteiger partial charge in [0.1, 0.15) is 6.10 Å². The van der Waals surface area contributed by atoms with Gasteiger partial charge in [-0.15, -0.1) is 0 Å². The molecule has 0 amide bonds. The lowest BCUT2D eigenvalue weighted by molar-refractivity contribution is -0.0472. The third kappa shape index (κ3) is 5.00. The van der Waals surface area contributed by atoms with Gasteiger partial charge in [-0.1, -0.05) is 78.3 Å². The number of aliphatic hydroxyl groups is 1. The van der Waals surface area contributed by atoms with Crippen LogP contribution in [0.15, 0.2) is 63.6 Å². The normalized spacial score (nSPS) is 14.9. The molecule has 1 fully saturated rings. The van der Waals surface area contributed by atoms with Crippen LogP contribution in [-0.2, 0) is 11.2 Å². The summed E-state index contributed by atoms with van der Waals surface area (Å²) < 4.78 is 15.9. The highest BCUT2D eigenvalue weighted by atomic mass is 16.7. The highest BCUT2D eigenvalue weighted by Crippen LogP contribution is 2.33. The maximum atomic E-state index is 10.6. The lowest BCUT2D eigenvalue weighted by Crippen LogP contribution is -2.53. The Balaban J connectivity index is 1.28. The van der Waals surface area contributed by atoms with E-state index in [1.165, 1.54) is 0 Å². The van der Waals surface area contributed by atoms with Gasteiger partial charge in [0.2, 0.25) is 5.82 Å². The number of hydrogen-bond donors (Lipinski definition) is 2. The first kappa shape index (κ1) is 23.7. The fraction of sp³-hybridized carbons (Fsp3) is 0.308. The van der Waals surface area contributed by atoms with Crippen LogP contribution in [0.2, 0.25) is 0 Å². The minimum absolute atomic E-state index is 0.291. The van der Waals surface area contributed by atoms with Gasteiger partial charge in [-0.2, -0.15) is 4.98 Å². The van der Waals surface area contributed by atoms with Crippen LogP contribution in [0.5, 0.6) is 0 Å². The first-order valence-electron chi connectivity index (χ1n) is 11.8. The third-order valence-electron chi connectivity index (χ3n) is 6.13. The molecule has 1 atom stereocenters. The van der Waals surface area contributed by atoms with Gasteiger partial charge in [-0.05, 0) is 12.0 Å². The average Bonchev–Trinajstić information content (AvgIpc) is 3.51. The van der Waals surface area contributed by atoms with Crippen molar-refractivity contribution in [2.24, 2.45) is 0 Å². The maximum absolute atomic E-state index is 10.6. The van der Waals surface area contributed by atoms with Crippen LogP contribution in [0.1, 0.15) is 30.6 Å². The molecule has 2 aromatic carbocycles. The molecule has 0 spiro atoms. The van der Waals surface area contributed by atoms with Crippen molar-refractivity contribution in [1.29, 1.82) is 0 Å². The molecule has 0 saturated carbocycles. The fourth-order valence-electron chi connectivity index (χ4n) is 4.31. The van der Waals surface area contributed by atoms with Crippen LogP contribution in [0.4, 0.5) is 4.79 Å². The molecule has 1 unspecified atom stereocenters. The predicted octanol–water partition coefficient (Wildman–Crippen LogP) is 4.42. The van der Waals surface area contributed by atoms with E-state index >= 15 is 0 Å². The van der Waals surface area contributed by atoms with E-state index in [1.807, 2.05) is 59.5 Å². The number of benzene rings is 2. The Bertz CT molecular complexity index is 1310. The van der Waals surface area contributed by atoms with Gasteiger partial charge in [-0.25, -0.2) is 4.79 Å². The van der Waals surface area contributed by atoms with Gasteiger partial charge in [0.15, 0.2) is 11.5 Å². The summed E-state index contributed by atoms with van der Waals surface area (Å²) in [5.41, 5.74) is 3.89. The summed E-state index contributed by atoms with van der Waals surface area (Å²) in [5, 5.41) is 27.6. The molecule has 5 rings (SSSR count). The van der Waals surface area contributed by atoms with Crippen molar-refractivity contribution < 1.29 is 28.8 Å². The second-order valence-electron chi connectivity index (χ2n) is 8.74. The molecule has 0 aliphatic carbocycles. The lowest BCUT2D eigenvalue weighted by atomic mass is 10.0. The summed E-state index contributed by atoms with van der Waals surface area (Å²) >= 11 is 0. The number of β-amino-alcohol motifs (C(OH)–C–C–N with tert-alkyl or cyclic N) is 1. The van der Waals surface area contributed by atoms with Crippen LogP contribution >= 0.6 is 0 Å². The van der Waals surface area contributed by atoms with E-state index in [2.05, 4.69) is 22.2 Å². The molecule has 10 heteroatoms. The number of aliphatic hydroxyl groups excluding tert-OH is 1.